The smallest absolute Gasteiger partial charge is 0.309 e. The molecule has 0 aromatic rings. The largest absolute Gasteiger partial charge is 0.466 e. The molecule has 1 aliphatic rings. The molecule has 106 valence electrons. The highest BCUT2D eigenvalue weighted by atomic mass is 16.5. The van der Waals surface area contributed by atoms with Gasteiger partial charge in [-0.2, -0.15) is 0 Å². The molecule has 1 atom stereocenters. The van der Waals surface area contributed by atoms with Crippen LogP contribution in [0.15, 0.2) is 0 Å². The Hall–Kier alpha value is -0.650. The maximum Gasteiger partial charge on any atom is 0.309 e. The molecular formula is C13H26N2O3. The number of carbonyl (C=O) groups excluding carboxylic acids is 1. The average molecular weight is 258 g/mol. The van der Waals surface area contributed by atoms with E-state index in [9.17, 15) is 4.79 Å². The normalized spacial score (nSPS) is 18.6. The van der Waals surface area contributed by atoms with Crippen LogP contribution in [0.4, 0.5) is 0 Å². The lowest BCUT2D eigenvalue weighted by Crippen LogP contribution is -2.38. The predicted octanol–water partition coefficient (Wildman–Crippen LogP) is 0.498. The molecule has 1 N–H and O–H groups in total. The van der Waals surface area contributed by atoms with Gasteiger partial charge in [-0.25, -0.2) is 0 Å². The maximum atomic E-state index is 11.4. The minimum atomic E-state index is -0.113. The van der Waals surface area contributed by atoms with Crippen LogP contribution in [0.2, 0.25) is 0 Å². The summed E-state index contributed by atoms with van der Waals surface area (Å²) in [6.07, 6.45) is 1.11. The highest BCUT2D eigenvalue weighted by Gasteiger charge is 2.13. The molecular weight excluding hydrogens is 232 g/mol. The molecule has 0 radical (unpaired) electrons. The molecule has 1 heterocycles. The van der Waals surface area contributed by atoms with Crippen LogP contribution in [0.1, 0.15) is 20.3 Å². The van der Waals surface area contributed by atoms with Crippen LogP contribution < -0.4 is 5.32 Å². The molecule has 5 nitrogen and oxygen atoms in total. The summed E-state index contributed by atoms with van der Waals surface area (Å²) in [5.41, 5.74) is 0. The molecule has 0 amide bonds. The topological polar surface area (TPSA) is 50.8 Å². The Bertz CT molecular complexity index is 230. The molecule has 0 bridgehead atoms. The van der Waals surface area contributed by atoms with Crippen molar-refractivity contribution in [1.29, 1.82) is 0 Å². The van der Waals surface area contributed by atoms with E-state index in [4.69, 9.17) is 9.47 Å². The van der Waals surface area contributed by atoms with Gasteiger partial charge in [-0.1, -0.05) is 6.92 Å². The van der Waals surface area contributed by atoms with Crippen molar-refractivity contribution in [1.82, 2.24) is 10.2 Å². The van der Waals surface area contributed by atoms with E-state index in [-0.39, 0.29) is 11.9 Å². The molecule has 1 rings (SSSR count). The molecule has 0 aromatic carbocycles. The lowest BCUT2D eigenvalue weighted by molar-refractivity contribution is -0.147. The van der Waals surface area contributed by atoms with E-state index in [1.165, 1.54) is 0 Å². The summed E-state index contributed by atoms with van der Waals surface area (Å²) in [4.78, 5) is 13.8. The van der Waals surface area contributed by atoms with Gasteiger partial charge in [-0.15, -0.1) is 0 Å². The molecule has 0 aromatic heterocycles. The second kappa shape index (κ2) is 9.30. The van der Waals surface area contributed by atoms with Crippen LogP contribution in [-0.2, 0) is 14.3 Å². The third-order valence-electron chi connectivity index (χ3n) is 3.07. The number of esters is 1. The second-order valence-electron chi connectivity index (χ2n) is 4.66. The van der Waals surface area contributed by atoms with Crippen molar-refractivity contribution < 1.29 is 14.3 Å². The second-order valence-corrected chi connectivity index (χ2v) is 4.66. The van der Waals surface area contributed by atoms with Crippen molar-refractivity contribution in [2.24, 2.45) is 5.92 Å². The standard InChI is InChI=1S/C13H26N2O3/c1-3-18-13(16)12(2)11-14-5-4-6-15-7-9-17-10-8-15/h12,14H,3-11H2,1-2H3. The van der Waals surface area contributed by atoms with E-state index >= 15 is 0 Å². The summed E-state index contributed by atoms with van der Waals surface area (Å²) in [7, 11) is 0. The van der Waals surface area contributed by atoms with E-state index in [1.54, 1.807) is 0 Å². The van der Waals surface area contributed by atoms with Gasteiger partial charge in [-0.05, 0) is 26.4 Å². The minimum absolute atomic E-state index is 0.0617. The zero-order valence-corrected chi connectivity index (χ0v) is 11.6. The number of morpholine rings is 1. The lowest BCUT2D eigenvalue weighted by atomic mass is 10.2. The van der Waals surface area contributed by atoms with Gasteiger partial charge < -0.3 is 14.8 Å². The van der Waals surface area contributed by atoms with E-state index in [1.807, 2.05) is 13.8 Å². The molecule has 1 saturated heterocycles. The van der Waals surface area contributed by atoms with Gasteiger partial charge in [0.25, 0.3) is 0 Å². The number of carbonyl (C=O) groups is 1. The fourth-order valence-corrected chi connectivity index (χ4v) is 1.94. The number of nitrogens with one attached hydrogen (secondary N) is 1. The first kappa shape index (κ1) is 15.4. The number of hydrogen-bond donors (Lipinski definition) is 1. The van der Waals surface area contributed by atoms with Crippen LogP contribution in [0.25, 0.3) is 0 Å². The van der Waals surface area contributed by atoms with Crippen LogP contribution in [-0.4, -0.2) is 63.4 Å². The Kier molecular flexibility index (Phi) is 7.96. The minimum Gasteiger partial charge on any atom is -0.466 e. The summed E-state index contributed by atoms with van der Waals surface area (Å²) in [6.45, 7) is 10.7. The Morgan fingerprint density at radius 3 is 2.83 bits per heavy atom. The van der Waals surface area contributed by atoms with Crippen molar-refractivity contribution in [2.45, 2.75) is 20.3 Å². The van der Waals surface area contributed by atoms with E-state index in [2.05, 4.69) is 10.2 Å². The van der Waals surface area contributed by atoms with Gasteiger partial charge in [0.15, 0.2) is 0 Å². The van der Waals surface area contributed by atoms with Crippen molar-refractivity contribution in [2.75, 3.05) is 52.5 Å². The fourth-order valence-electron chi connectivity index (χ4n) is 1.94. The monoisotopic (exact) mass is 258 g/mol. The highest BCUT2D eigenvalue weighted by Crippen LogP contribution is 1.99. The van der Waals surface area contributed by atoms with Crippen molar-refractivity contribution in [3.63, 3.8) is 0 Å². The first-order valence-electron chi connectivity index (χ1n) is 6.91. The van der Waals surface area contributed by atoms with Crippen LogP contribution in [0.5, 0.6) is 0 Å². The van der Waals surface area contributed by atoms with E-state index in [0.717, 1.165) is 45.8 Å². The van der Waals surface area contributed by atoms with Crippen molar-refractivity contribution >= 4 is 5.97 Å². The molecule has 0 aliphatic carbocycles. The maximum absolute atomic E-state index is 11.4. The summed E-state index contributed by atoms with van der Waals surface area (Å²) in [5.74, 6) is -0.175. The summed E-state index contributed by atoms with van der Waals surface area (Å²) in [6, 6.07) is 0. The fraction of sp³-hybridized carbons (Fsp3) is 0.923. The summed E-state index contributed by atoms with van der Waals surface area (Å²) < 4.78 is 10.3. The Morgan fingerprint density at radius 1 is 1.44 bits per heavy atom. The van der Waals surface area contributed by atoms with Crippen molar-refractivity contribution in [3.05, 3.63) is 0 Å². The first-order valence-corrected chi connectivity index (χ1v) is 6.91. The predicted molar refractivity (Wildman–Crippen MR) is 70.5 cm³/mol. The molecule has 0 spiro atoms. The Balaban J connectivity index is 1.95. The van der Waals surface area contributed by atoms with E-state index < -0.39 is 0 Å². The van der Waals surface area contributed by atoms with Crippen LogP contribution in [0.3, 0.4) is 0 Å². The summed E-state index contributed by atoms with van der Waals surface area (Å²) >= 11 is 0. The third kappa shape index (κ3) is 6.33. The van der Waals surface area contributed by atoms with Gasteiger partial charge in [0.1, 0.15) is 0 Å². The number of ether oxygens (including phenoxy) is 2. The van der Waals surface area contributed by atoms with E-state index in [0.29, 0.717) is 13.2 Å². The van der Waals surface area contributed by atoms with Gasteiger partial charge in [0.2, 0.25) is 0 Å². The van der Waals surface area contributed by atoms with Crippen molar-refractivity contribution in [3.8, 4) is 0 Å². The molecule has 18 heavy (non-hydrogen) atoms. The number of rotatable bonds is 8. The SMILES string of the molecule is CCOC(=O)C(C)CNCCCN1CCOCC1. The van der Waals surface area contributed by atoms with Gasteiger partial charge in [-0.3, -0.25) is 9.69 Å². The zero-order chi connectivity index (χ0) is 13.2. The Morgan fingerprint density at radius 2 is 2.17 bits per heavy atom. The van der Waals surface area contributed by atoms with Gasteiger partial charge in [0, 0.05) is 19.6 Å². The molecule has 1 fully saturated rings. The van der Waals surface area contributed by atoms with Gasteiger partial charge >= 0.3 is 5.97 Å². The molecule has 1 aliphatic heterocycles. The third-order valence-corrected chi connectivity index (χ3v) is 3.07. The Labute approximate surface area is 110 Å². The first-order chi connectivity index (χ1) is 8.74. The number of hydrogen-bond acceptors (Lipinski definition) is 5. The van der Waals surface area contributed by atoms with Gasteiger partial charge in [0.05, 0.1) is 25.7 Å². The zero-order valence-electron chi connectivity index (χ0n) is 11.6. The quantitative estimate of drug-likeness (QED) is 0.507. The number of nitrogens with zero attached hydrogens (tertiary/aromatic N) is 1. The molecule has 1 unspecified atom stereocenters. The lowest BCUT2D eigenvalue weighted by Gasteiger charge is -2.26. The highest BCUT2D eigenvalue weighted by molar-refractivity contribution is 5.72. The average Bonchev–Trinajstić information content (AvgIpc) is 2.39. The molecule has 0 saturated carbocycles. The summed E-state index contributed by atoms with van der Waals surface area (Å²) in [5, 5.41) is 3.31. The molecule has 5 heteroatoms. The van der Waals surface area contributed by atoms with Crippen LogP contribution in [0, 0.1) is 5.92 Å². The van der Waals surface area contributed by atoms with Crippen LogP contribution >= 0.6 is 0 Å².